The summed E-state index contributed by atoms with van der Waals surface area (Å²) in [6.45, 7) is 14.2. The lowest BCUT2D eigenvalue weighted by Gasteiger charge is -2.28. The molecule has 0 unspecified atom stereocenters. The molecule has 126 valence electrons. The lowest BCUT2D eigenvalue weighted by molar-refractivity contribution is -0.129. The molecule has 0 rings (SSSR count). The molecule has 0 bridgehead atoms. The fourth-order valence-corrected chi connectivity index (χ4v) is 4.52. The SMILES string of the molecule is CCO[Si](CCCNC(=O)C(C)(C)CC)(OCC)OCC. The number of carbonyl (C=O) groups is 1. The summed E-state index contributed by atoms with van der Waals surface area (Å²) >= 11 is 0. The van der Waals surface area contributed by atoms with E-state index in [4.69, 9.17) is 13.3 Å². The van der Waals surface area contributed by atoms with Gasteiger partial charge in [-0.25, -0.2) is 0 Å². The van der Waals surface area contributed by atoms with Gasteiger partial charge in [-0.15, -0.1) is 0 Å². The first-order valence-corrected chi connectivity index (χ1v) is 10.0. The van der Waals surface area contributed by atoms with Crippen LogP contribution in [-0.2, 0) is 18.1 Å². The molecule has 0 radical (unpaired) electrons. The van der Waals surface area contributed by atoms with Gasteiger partial charge in [0.1, 0.15) is 0 Å². The molecule has 5 nitrogen and oxygen atoms in total. The summed E-state index contributed by atoms with van der Waals surface area (Å²) < 4.78 is 17.4. The highest BCUT2D eigenvalue weighted by molar-refractivity contribution is 6.60. The van der Waals surface area contributed by atoms with Crippen LogP contribution in [0.1, 0.15) is 54.4 Å². The van der Waals surface area contributed by atoms with Gasteiger partial charge in [0.25, 0.3) is 0 Å². The number of hydrogen-bond donors (Lipinski definition) is 1. The van der Waals surface area contributed by atoms with E-state index in [9.17, 15) is 4.79 Å². The minimum Gasteiger partial charge on any atom is -0.374 e. The normalized spacial score (nSPS) is 12.5. The van der Waals surface area contributed by atoms with Gasteiger partial charge in [-0.1, -0.05) is 20.8 Å². The highest BCUT2D eigenvalue weighted by atomic mass is 28.4. The number of rotatable bonds is 12. The van der Waals surface area contributed by atoms with E-state index in [0.717, 1.165) is 18.9 Å². The Morgan fingerprint density at radius 2 is 1.48 bits per heavy atom. The van der Waals surface area contributed by atoms with Crippen LogP contribution < -0.4 is 5.32 Å². The zero-order valence-electron chi connectivity index (χ0n) is 14.6. The smallest absolute Gasteiger partial charge is 0.374 e. The third-order valence-electron chi connectivity index (χ3n) is 3.54. The van der Waals surface area contributed by atoms with E-state index in [1.807, 2.05) is 41.5 Å². The Morgan fingerprint density at radius 1 is 1.00 bits per heavy atom. The lowest BCUT2D eigenvalue weighted by Crippen LogP contribution is -2.46. The van der Waals surface area contributed by atoms with Crippen LogP contribution in [0.25, 0.3) is 0 Å². The van der Waals surface area contributed by atoms with Crippen molar-refractivity contribution < 1.29 is 18.1 Å². The van der Waals surface area contributed by atoms with Crippen LogP contribution in [0.15, 0.2) is 0 Å². The second kappa shape index (κ2) is 10.3. The largest absolute Gasteiger partial charge is 0.500 e. The summed E-state index contributed by atoms with van der Waals surface area (Å²) in [4.78, 5) is 12.0. The van der Waals surface area contributed by atoms with E-state index < -0.39 is 8.80 Å². The lowest BCUT2D eigenvalue weighted by atomic mass is 9.89. The topological polar surface area (TPSA) is 56.8 Å². The van der Waals surface area contributed by atoms with Gasteiger partial charge < -0.3 is 18.6 Å². The molecule has 0 saturated carbocycles. The standard InChI is InChI=1S/C15H33NO4Si/c1-7-15(5,6)14(17)16-12-11-13-21(18-8-2,19-9-3)20-10-4/h7-13H2,1-6H3,(H,16,17). The molecule has 1 amide bonds. The molecule has 0 aliphatic rings. The monoisotopic (exact) mass is 319 g/mol. The van der Waals surface area contributed by atoms with E-state index in [2.05, 4.69) is 5.32 Å². The highest BCUT2D eigenvalue weighted by Gasteiger charge is 2.39. The summed E-state index contributed by atoms with van der Waals surface area (Å²) in [5.74, 6) is 0.0986. The Morgan fingerprint density at radius 3 is 1.86 bits per heavy atom. The van der Waals surface area contributed by atoms with Crippen LogP contribution in [0, 0.1) is 5.41 Å². The third kappa shape index (κ3) is 7.40. The molecule has 0 aromatic heterocycles. The van der Waals surface area contributed by atoms with Crippen molar-refractivity contribution in [1.29, 1.82) is 0 Å². The van der Waals surface area contributed by atoms with Gasteiger partial charge in [-0.2, -0.15) is 0 Å². The molecule has 0 aliphatic heterocycles. The van der Waals surface area contributed by atoms with E-state index in [0.29, 0.717) is 26.4 Å². The molecule has 21 heavy (non-hydrogen) atoms. The summed E-state index contributed by atoms with van der Waals surface area (Å²) in [6, 6.07) is 0.732. The molecule has 6 heteroatoms. The fourth-order valence-electron chi connectivity index (χ4n) is 1.91. The first-order valence-electron chi connectivity index (χ1n) is 8.07. The van der Waals surface area contributed by atoms with Crippen molar-refractivity contribution >= 4 is 14.7 Å². The number of amides is 1. The predicted octanol–water partition coefficient (Wildman–Crippen LogP) is 2.98. The van der Waals surface area contributed by atoms with E-state index in [1.54, 1.807) is 0 Å². The number of carbonyl (C=O) groups excluding carboxylic acids is 1. The quantitative estimate of drug-likeness (QED) is 0.444. The predicted molar refractivity (Wildman–Crippen MR) is 87.1 cm³/mol. The van der Waals surface area contributed by atoms with Gasteiger partial charge in [0.2, 0.25) is 5.91 Å². The van der Waals surface area contributed by atoms with Crippen LogP contribution in [0.2, 0.25) is 6.04 Å². The fraction of sp³-hybridized carbons (Fsp3) is 0.933. The van der Waals surface area contributed by atoms with E-state index >= 15 is 0 Å². The van der Waals surface area contributed by atoms with Gasteiger partial charge in [-0.3, -0.25) is 4.79 Å². The molecule has 0 heterocycles. The van der Waals surface area contributed by atoms with Gasteiger partial charge in [0, 0.05) is 37.8 Å². The summed E-state index contributed by atoms with van der Waals surface area (Å²) in [5.41, 5.74) is -0.311. The van der Waals surface area contributed by atoms with Crippen molar-refractivity contribution in [2.24, 2.45) is 5.41 Å². The molecular formula is C15H33NO4Si. The summed E-state index contributed by atoms with van der Waals surface area (Å²) in [7, 11) is -2.57. The summed E-state index contributed by atoms with van der Waals surface area (Å²) in [6.07, 6.45) is 1.63. The van der Waals surface area contributed by atoms with Crippen LogP contribution in [-0.4, -0.2) is 41.1 Å². The molecule has 0 fully saturated rings. The highest BCUT2D eigenvalue weighted by Crippen LogP contribution is 2.20. The average molecular weight is 320 g/mol. The van der Waals surface area contributed by atoms with Crippen molar-refractivity contribution in [2.75, 3.05) is 26.4 Å². The van der Waals surface area contributed by atoms with Gasteiger partial charge in [0.05, 0.1) is 0 Å². The van der Waals surface area contributed by atoms with Crippen molar-refractivity contribution in [3.05, 3.63) is 0 Å². The Hall–Kier alpha value is -0.433. The molecule has 0 saturated heterocycles. The van der Waals surface area contributed by atoms with Crippen molar-refractivity contribution in [1.82, 2.24) is 5.32 Å². The Balaban J connectivity index is 4.33. The van der Waals surface area contributed by atoms with Gasteiger partial charge in [-0.05, 0) is 33.6 Å². The maximum atomic E-state index is 12.0. The van der Waals surface area contributed by atoms with Crippen molar-refractivity contribution in [2.45, 2.75) is 60.4 Å². The molecule has 0 aliphatic carbocycles. The Labute approximate surface area is 131 Å². The van der Waals surface area contributed by atoms with E-state index in [-0.39, 0.29) is 11.3 Å². The molecule has 0 atom stereocenters. The number of nitrogens with one attached hydrogen (secondary N) is 1. The summed E-state index contributed by atoms with van der Waals surface area (Å²) in [5, 5.41) is 2.99. The van der Waals surface area contributed by atoms with Crippen LogP contribution in [0.4, 0.5) is 0 Å². The van der Waals surface area contributed by atoms with Crippen molar-refractivity contribution in [3.63, 3.8) is 0 Å². The zero-order chi connectivity index (χ0) is 16.4. The Bertz CT molecular complexity index is 280. The van der Waals surface area contributed by atoms with Gasteiger partial charge >= 0.3 is 8.80 Å². The second-order valence-corrected chi connectivity index (χ2v) is 8.31. The van der Waals surface area contributed by atoms with Crippen LogP contribution in [0.3, 0.4) is 0 Å². The van der Waals surface area contributed by atoms with Crippen LogP contribution in [0.5, 0.6) is 0 Å². The zero-order valence-corrected chi connectivity index (χ0v) is 15.6. The molecule has 1 N–H and O–H groups in total. The molecule has 0 aromatic rings. The average Bonchev–Trinajstić information content (AvgIpc) is 2.44. The van der Waals surface area contributed by atoms with Gasteiger partial charge in [0.15, 0.2) is 0 Å². The minimum atomic E-state index is -2.57. The first kappa shape index (κ1) is 20.6. The second-order valence-electron chi connectivity index (χ2n) is 5.58. The Kier molecular flexibility index (Phi) is 10.1. The maximum absolute atomic E-state index is 12.0. The van der Waals surface area contributed by atoms with E-state index in [1.165, 1.54) is 0 Å². The number of hydrogen-bond acceptors (Lipinski definition) is 4. The van der Waals surface area contributed by atoms with Crippen molar-refractivity contribution in [3.8, 4) is 0 Å². The minimum absolute atomic E-state index is 0.0986. The maximum Gasteiger partial charge on any atom is 0.500 e. The third-order valence-corrected chi connectivity index (χ3v) is 6.69. The molecule has 0 spiro atoms. The molecular weight excluding hydrogens is 286 g/mol. The first-order chi connectivity index (χ1) is 9.87. The molecule has 0 aromatic carbocycles. The van der Waals surface area contributed by atoms with Crippen LogP contribution >= 0.6 is 0 Å².